The Hall–Kier alpha value is -2.47. The van der Waals surface area contributed by atoms with E-state index in [1.165, 1.54) is 5.56 Å². The van der Waals surface area contributed by atoms with Crippen LogP contribution < -0.4 is 15.4 Å². The zero-order valence-corrected chi connectivity index (χ0v) is 16.4. The van der Waals surface area contributed by atoms with Crippen LogP contribution in [0.3, 0.4) is 0 Å². The van der Waals surface area contributed by atoms with Gasteiger partial charge in [0.1, 0.15) is 18.1 Å². The van der Waals surface area contributed by atoms with Gasteiger partial charge in [-0.3, -0.25) is 4.99 Å². The van der Waals surface area contributed by atoms with Crippen molar-refractivity contribution in [3.63, 3.8) is 0 Å². The van der Waals surface area contributed by atoms with Crippen LogP contribution in [0.1, 0.15) is 30.6 Å². The van der Waals surface area contributed by atoms with E-state index >= 15 is 0 Å². The molecule has 0 saturated heterocycles. The van der Waals surface area contributed by atoms with Gasteiger partial charge in [0.25, 0.3) is 0 Å². The van der Waals surface area contributed by atoms with Gasteiger partial charge in [-0.15, -0.1) is 0 Å². The number of hydrogen-bond donors (Lipinski definition) is 2. The smallest absolute Gasteiger partial charge is 0.190 e. The molecule has 0 aliphatic heterocycles. The third-order valence-electron chi connectivity index (χ3n) is 3.96. The van der Waals surface area contributed by atoms with Crippen molar-refractivity contribution < 1.29 is 13.9 Å². The van der Waals surface area contributed by atoms with E-state index in [0.29, 0.717) is 13.2 Å². The molecule has 2 rings (SSSR count). The molecule has 1 heterocycles. The highest BCUT2D eigenvalue weighted by Gasteiger charge is 1.99. The van der Waals surface area contributed by atoms with E-state index in [1.807, 2.05) is 24.3 Å². The average molecular weight is 373 g/mol. The molecule has 0 aliphatic rings. The number of benzene rings is 1. The Labute approximate surface area is 162 Å². The van der Waals surface area contributed by atoms with Crippen molar-refractivity contribution in [2.45, 2.75) is 32.8 Å². The summed E-state index contributed by atoms with van der Waals surface area (Å²) in [5.74, 6) is 2.60. The van der Waals surface area contributed by atoms with Crippen molar-refractivity contribution in [3.8, 4) is 5.75 Å². The molecule has 0 saturated carbocycles. The normalized spacial score (nSPS) is 11.4. The molecule has 148 valence electrons. The first kappa shape index (κ1) is 20.8. The van der Waals surface area contributed by atoms with E-state index < -0.39 is 0 Å². The Balaban J connectivity index is 1.43. The number of guanidine groups is 1. The minimum atomic E-state index is 0.518. The first-order valence-corrected chi connectivity index (χ1v) is 9.52. The second-order valence-electron chi connectivity index (χ2n) is 6.28. The van der Waals surface area contributed by atoms with Gasteiger partial charge in [-0.05, 0) is 50.5 Å². The van der Waals surface area contributed by atoms with Crippen molar-refractivity contribution in [1.82, 2.24) is 10.6 Å². The number of aryl methyl sites for hydroxylation is 1. The Morgan fingerprint density at radius 1 is 1.00 bits per heavy atom. The highest BCUT2D eigenvalue weighted by Crippen LogP contribution is 2.11. The summed E-state index contributed by atoms with van der Waals surface area (Å²) in [4.78, 5) is 4.23. The fourth-order valence-corrected chi connectivity index (χ4v) is 2.43. The van der Waals surface area contributed by atoms with Gasteiger partial charge in [0.05, 0.1) is 12.9 Å². The van der Waals surface area contributed by atoms with Crippen molar-refractivity contribution in [2.24, 2.45) is 4.99 Å². The van der Waals surface area contributed by atoms with Crippen molar-refractivity contribution in [3.05, 3.63) is 54.0 Å². The van der Waals surface area contributed by atoms with E-state index in [1.54, 1.807) is 13.3 Å². The van der Waals surface area contributed by atoms with Gasteiger partial charge in [0.2, 0.25) is 0 Å². The molecule has 0 atom stereocenters. The van der Waals surface area contributed by atoms with Gasteiger partial charge in [-0.2, -0.15) is 0 Å². The maximum absolute atomic E-state index is 5.73. The Morgan fingerprint density at radius 3 is 2.48 bits per heavy atom. The van der Waals surface area contributed by atoms with Crippen LogP contribution in [0.15, 0.2) is 52.1 Å². The Kier molecular flexibility index (Phi) is 9.89. The van der Waals surface area contributed by atoms with Gasteiger partial charge in [-0.25, -0.2) is 0 Å². The second-order valence-corrected chi connectivity index (χ2v) is 6.28. The number of furan rings is 1. The highest BCUT2D eigenvalue weighted by atomic mass is 16.5. The number of unbranched alkanes of at least 4 members (excludes halogenated alkanes) is 1. The summed E-state index contributed by atoms with van der Waals surface area (Å²) in [5, 5.41) is 6.61. The van der Waals surface area contributed by atoms with Gasteiger partial charge < -0.3 is 24.5 Å². The van der Waals surface area contributed by atoms with Crippen molar-refractivity contribution in [1.29, 1.82) is 0 Å². The summed E-state index contributed by atoms with van der Waals surface area (Å²) in [7, 11) is 1.78. The largest absolute Gasteiger partial charge is 0.494 e. The summed E-state index contributed by atoms with van der Waals surface area (Å²) in [6.07, 6.45) is 4.59. The molecule has 1 aromatic carbocycles. The second kappa shape index (κ2) is 12.8. The first-order valence-electron chi connectivity index (χ1n) is 9.52. The van der Waals surface area contributed by atoms with Crippen LogP contribution >= 0.6 is 0 Å². The summed E-state index contributed by atoms with van der Waals surface area (Å²) < 4.78 is 16.5. The lowest BCUT2D eigenvalue weighted by Gasteiger charge is -2.12. The number of nitrogens with one attached hydrogen (secondary N) is 2. The molecule has 0 unspecified atom stereocenters. The monoisotopic (exact) mass is 373 g/mol. The third kappa shape index (κ3) is 9.15. The summed E-state index contributed by atoms with van der Waals surface area (Å²) in [5.41, 5.74) is 1.24. The summed E-state index contributed by atoms with van der Waals surface area (Å²) in [6.45, 7) is 5.68. The SMILES string of the molecule is CN=C(NCCCCOc1ccc(C)cc1)NCCCOCc1ccco1. The molecule has 1 aromatic heterocycles. The van der Waals surface area contributed by atoms with E-state index in [4.69, 9.17) is 13.9 Å². The van der Waals surface area contributed by atoms with E-state index in [9.17, 15) is 0 Å². The topological polar surface area (TPSA) is 68.0 Å². The van der Waals surface area contributed by atoms with Crippen LogP contribution in [0.25, 0.3) is 0 Å². The number of ether oxygens (including phenoxy) is 2. The van der Waals surface area contributed by atoms with Gasteiger partial charge in [-0.1, -0.05) is 17.7 Å². The van der Waals surface area contributed by atoms with Crippen molar-refractivity contribution in [2.75, 3.05) is 33.4 Å². The number of hydrogen-bond acceptors (Lipinski definition) is 4. The molecular weight excluding hydrogens is 342 g/mol. The van der Waals surface area contributed by atoms with Crippen molar-refractivity contribution >= 4 is 5.96 Å². The fraction of sp³-hybridized carbons (Fsp3) is 0.476. The molecule has 0 radical (unpaired) electrons. The van der Waals surface area contributed by atoms with Gasteiger partial charge in [0.15, 0.2) is 5.96 Å². The van der Waals surface area contributed by atoms with Gasteiger partial charge >= 0.3 is 0 Å². The molecule has 6 nitrogen and oxygen atoms in total. The quantitative estimate of drug-likeness (QED) is 0.338. The van der Waals surface area contributed by atoms with Crippen LogP contribution in [0.4, 0.5) is 0 Å². The number of aliphatic imine (C=N–C) groups is 1. The van der Waals surface area contributed by atoms with E-state index in [-0.39, 0.29) is 0 Å². The molecular formula is C21H31N3O3. The average Bonchev–Trinajstić information content (AvgIpc) is 3.20. The molecule has 27 heavy (non-hydrogen) atoms. The maximum Gasteiger partial charge on any atom is 0.190 e. The third-order valence-corrected chi connectivity index (χ3v) is 3.96. The van der Waals surface area contributed by atoms with Crippen LogP contribution in [-0.4, -0.2) is 39.3 Å². The first-order chi connectivity index (χ1) is 13.3. The molecule has 0 spiro atoms. The fourth-order valence-electron chi connectivity index (χ4n) is 2.43. The Morgan fingerprint density at radius 2 is 1.78 bits per heavy atom. The predicted octanol–water partition coefficient (Wildman–Crippen LogP) is 3.52. The predicted molar refractivity (Wildman–Crippen MR) is 108 cm³/mol. The summed E-state index contributed by atoms with van der Waals surface area (Å²) in [6, 6.07) is 11.9. The molecule has 2 N–H and O–H groups in total. The highest BCUT2D eigenvalue weighted by molar-refractivity contribution is 5.79. The number of rotatable bonds is 12. The Bertz CT molecular complexity index is 639. The molecule has 2 aromatic rings. The molecule has 0 fully saturated rings. The van der Waals surface area contributed by atoms with Crippen LogP contribution in [-0.2, 0) is 11.3 Å². The lowest BCUT2D eigenvalue weighted by atomic mass is 10.2. The minimum absolute atomic E-state index is 0.518. The number of nitrogens with zero attached hydrogens (tertiary/aromatic N) is 1. The van der Waals surface area contributed by atoms with E-state index in [2.05, 4.69) is 34.7 Å². The van der Waals surface area contributed by atoms with Crippen LogP contribution in [0.5, 0.6) is 5.75 Å². The molecule has 0 bridgehead atoms. The summed E-state index contributed by atoms with van der Waals surface area (Å²) >= 11 is 0. The van der Waals surface area contributed by atoms with Crippen LogP contribution in [0, 0.1) is 6.92 Å². The maximum atomic E-state index is 5.73. The minimum Gasteiger partial charge on any atom is -0.494 e. The zero-order chi connectivity index (χ0) is 19.2. The lowest BCUT2D eigenvalue weighted by molar-refractivity contribution is 0.105. The lowest BCUT2D eigenvalue weighted by Crippen LogP contribution is -2.38. The molecule has 0 amide bonds. The van der Waals surface area contributed by atoms with Gasteiger partial charge in [0, 0.05) is 26.7 Å². The zero-order valence-electron chi connectivity index (χ0n) is 16.4. The van der Waals surface area contributed by atoms with E-state index in [0.717, 1.165) is 56.4 Å². The molecule has 6 heteroatoms. The standard InChI is InChI=1S/C21H31N3O3/c1-18-8-10-19(11-9-18)26-15-4-3-12-23-21(22-2)24-13-6-14-25-17-20-7-5-16-27-20/h5,7-11,16H,3-4,6,12-15,17H2,1-2H3,(H2,22,23,24). The van der Waals surface area contributed by atoms with Crippen LogP contribution in [0.2, 0.25) is 0 Å². The molecule has 0 aliphatic carbocycles.